The molecule has 0 aliphatic carbocycles. The van der Waals surface area contributed by atoms with Crippen molar-refractivity contribution in [1.82, 2.24) is 4.98 Å². The van der Waals surface area contributed by atoms with E-state index in [0.717, 1.165) is 11.1 Å². The number of allylic oxidation sites excluding steroid dienone is 2. The first-order valence-corrected chi connectivity index (χ1v) is 8.81. The van der Waals surface area contributed by atoms with Gasteiger partial charge >= 0.3 is 0 Å². The van der Waals surface area contributed by atoms with Gasteiger partial charge in [0.1, 0.15) is 12.4 Å². The summed E-state index contributed by atoms with van der Waals surface area (Å²) >= 11 is 6.18. The van der Waals surface area contributed by atoms with Gasteiger partial charge in [-0.05, 0) is 48.0 Å². The van der Waals surface area contributed by atoms with E-state index in [1.54, 1.807) is 6.20 Å². The van der Waals surface area contributed by atoms with Crippen LogP contribution in [0.5, 0.6) is 5.75 Å². The van der Waals surface area contributed by atoms with E-state index in [2.05, 4.69) is 11.6 Å². The molecule has 3 aromatic rings. The standard InChI is InChI=1S/C23H18ClNO2/c1-2-19(26)15-21(23-12-5-6-13-25-23)17-9-7-10-20(14-17)27-16-18-8-3-4-11-22(18)24/h2-15H,1,16H2. The van der Waals surface area contributed by atoms with Gasteiger partial charge in [0, 0.05) is 22.4 Å². The van der Waals surface area contributed by atoms with E-state index in [0.29, 0.717) is 28.6 Å². The minimum Gasteiger partial charge on any atom is -0.489 e. The fourth-order valence-corrected chi connectivity index (χ4v) is 2.75. The van der Waals surface area contributed by atoms with Crippen molar-refractivity contribution in [2.45, 2.75) is 6.61 Å². The number of ether oxygens (including phenoxy) is 1. The lowest BCUT2D eigenvalue weighted by Crippen LogP contribution is -1.98. The summed E-state index contributed by atoms with van der Waals surface area (Å²) in [6, 6.07) is 20.7. The molecule has 0 amide bonds. The molecular weight excluding hydrogens is 358 g/mol. The van der Waals surface area contributed by atoms with Crippen molar-refractivity contribution in [1.29, 1.82) is 0 Å². The van der Waals surface area contributed by atoms with Crippen molar-refractivity contribution in [3.05, 3.63) is 114 Å². The maximum absolute atomic E-state index is 11.9. The Morgan fingerprint density at radius 1 is 1.07 bits per heavy atom. The van der Waals surface area contributed by atoms with Crippen LogP contribution in [-0.4, -0.2) is 10.8 Å². The second-order valence-corrected chi connectivity index (χ2v) is 6.19. The Kier molecular flexibility index (Phi) is 6.18. The minimum absolute atomic E-state index is 0.182. The van der Waals surface area contributed by atoms with Crippen molar-refractivity contribution in [3.63, 3.8) is 0 Å². The number of benzene rings is 2. The molecule has 0 aliphatic heterocycles. The number of pyridine rings is 1. The molecule has 0 radical (unpaired) electrons. The van der Waals surface area contributed by atoms with E-state index in [4.69, 9.17) is 16.3 Å². The van der Waals surface area contributed by atoms with Crippen LogP contribution in [0.2, 0.25) is 5.02 Å². The van der Waals surface area contributed by atoms with Crippen LogP contribution in [0.4, 0.5) is 0 Å². The van der Waals surface area contributed by atoms with Crippen molar-refractivity contribution < 1.29 is 9.53 Å². The van der Waals surface area contributed by atoms with Crippen molar-refractivity contribution in [2.75, 3.05) is 0 Å². The first-order chi connectivity index (χ1) is 13.2. The van der Waals surface area contributed by atoms with Crippen LogP contribution in [0.3, 0.4) is 0 Å². The second-order valence-electron chi connectivity index (χ2n) is 5.79. The fourth-order valence-electron chi connectivity index (χ4n) is 2.56. The smallest absolute Gasteiger partial charge is 0.178 e. The highest BCUT2D eigenvalue weighted by atomic mass is 35.5. The molecule has 27 heavy (non-hydrogen) atoms. The van der Waals surface area contributed by atoms with Gasteiger partial charge in [-0.1, -0.05) is 54.6 Å². The summed E-state index contributed by atoms with van der Waals surface area (Å²) in [6.07, 6.45) is 4.50. The molecule has 1 aromatic heterocycles. The third-order valence-corrected chi connectivity index (χ3v) is 4.29. The first-order valence-electron chi connectivity index (χ1n) is 8.43. The Hall–Kier alpha value is -3.17. The largest absolute Gasteiger partial charge is 0.489 e. The number of carbonyl (C=O) groups excluding carboxylic acids is 1. The third-order valence-electron chi connectivity index (χ3n) is 3.93. The maximum Gasteiger partial charge on any atom is 0.178 e. The predicted molar refractivity (Wildman–Crippen MR) is 109 cm³/mol. The van der Waals surface area contributed by atoms with Gasteiger partial charge in [0.2, 0.25) is 0 Å². The zero-order valence-electron chi connectivity index (χ0n) is 14.6. The van der Waals surface area contributed by atoms with Crippen molar-refractivity contribution in [2.24, 2.45) is 0 Å². The molecule has 1 heterocycles. The highest BCUT2D eigenvalue weighted by Gasteiger charge is 2.09. The van der Waals surface area contributed by atoms with Gasteiger partial charge in [-0.25, -0.2) is 0 Å². The van der Waals surface area contributed by atoms with Crippen LogP contribution in [0.15, 0.2) is 91.7 Å². The van der Waals surface area contributed by atoms with Crippen molar-refractivity contribution >= 4 is 23.0 Å². The number of hydrogen-bond donors (Lipinski definition) is 0. The van der Waals surface area contributed by atoms with Crippen molar-refractivity contribution in [3.8, 4) is 5.75 Å². The Bertz CT molecular complexity index is 980. The number of rotatable bonds is 7. The second kappa shape index (κ2) is 8.97. The Labute approximate surface area is 163 Å². The number of halogens is 1. The minimum atomic E-state index is -0.182. The molecule has 0 spiro atoms. The maximum atomic E-state index is 11.9. The van der Waals surface area contributed by atoms with Crippen LogP contribution in [0.1, 0.15) is 16.8 Å². The van der Waals surface area contributed by atoms with E-state index in [1.807, 2.05) is 66.7 Å². The topological polar surface area (TPSA) is 39.2 Å². The van der Waals surface area contributed by atoms with Crippen LogP contribution in [-0.2, 0) is 11.4 Å². The van der Waals surface area contributed by atoms with Gasteiger partial charge in [-0.15, -0.1) is 0 Å². The number of aromatic nitrogens is 1. The molecule has 0 N–H and O–H groups in total. The van der Waals surface area contributed by atoms with E-state index >= 15 is 0 Å². The lowest BCUT2D eigenvalue weighted by molar-refractivity contribution is -0.110. The Morgan fingerprint density at radius 2 is 1.89 bits per heavy atom. The van der Waals surface area contributed by atoms with Crippen LogP contribution in [0, 0.1) is 0 Å². The molecule has 0 saturated heterocycles. The summed E-state index contributed by atoms with van der Waals surface area (Å²) in [5, 5.41) is 0.666. The quantitative estimate of drug-likeness (QED) is 0.512. The van der Waals surface area contributed by atoms with E-state index in [1.165, 1.54) is 12.2 Å². The summed E-state index contributed by atoms with van der Waals surface area (Å²) in [6.45, 7) is 3.90. The molecule has 0 fully saturated rings. The molecule has 3 rings (SSSR count). The van der Waals surface area contributed by atoms with Gasteiger partial charge in [-0.3, -0.25) is 9.78 Å². The molecule has 134 valence electrons. The summed E-state index contributed by atoms with van der Waals surface area (Å²) < 4.78 is 5.89. The number of ketones is 1. The molecular formula is C23H18ClNO2. The fraction of sp³-hybridized carbons (Fsp3) is 0.0435. The summed E-state index contributed by atoms with van der Waals surface area (Å²) in [7, 11) is 0. The predicted octanol–water partition coefficient (Wildman–Crippen LogP) is 5.50. The van der Waals surface area contributed by atoms with Gasteiger partial charge < -0.3 is 4.74 Å². The highest BCUT2D eigenvalue weighted by molar-refractivity contribution is 6.31. The molecule has 0 atom stereocenters. The highest BCUT2D eigenvalue weighted by Crippen LogP contribution is 2.26. The number of nitrogens with zero attached hydrogens (tertiary/aromatic N) is 1. The monoisotopic (exact) mass is 375 g/mol. The summed E-state index contributed by atoms with van der Waals surface area (Å²) in [5.74, 6) is 0.498. The van der Waals surface area contributed by atoms with E-state index < -0.39 is 0 Å². The average Bonchev–Trinajstić information content (AvgIpc) is 2.72. The molecule has 3 nitrogen and oxygen atoms in total. The molecule has 4 heteroatoms. The third kappa shape index (κ3) is 4.93. The molecule has 0 aliphatic rings. The first kappa shape index (κ1) is 18.6. The summed E-state index contributed by atoms with van der Waals surface area (Å²) in [5.41, 5.74) is 3.16. The zero-order valence-corrected chi connectivity index (χ0v) is 15.4. The van der Waals surface area contributed by atoms with Gasteiger partial charge in [0.05, 0.1) is 5.69 Å². The zero-order chi connectivity index (χ0) is 19.1. The Balaban J connectivity index is 1.89. The number of carbonyl (C=O) groups is 1. The molecule has 0 saturated carbocycles. The van der Waals surface area contributed by atoms with Crippen LogP contribution < -0.4 is 4.74 Å². The summed E-state index contributed by atoms with van der Waals surface area (Å²) in [4.78, 5) is 16.3. The van der Waals surface area contributed by atoms with Crippen LogP contribution >= 0.6 is 11.6 Å². The van der Waals surface area contributed by atoms with E-state index in [-0.39, 0.29) is 5.78 Å². The normalized spacial score (nSPS) is 11.1. The lowest BCUT2D eigenvalue weighted by atomic mass is 10.0. The SMILES string of the molecule is C=CC(=O)C=C(c1cccc(OCc2ccccc2Cl)c1)c1ccccn1. The Morgan fingerprint density at radius 3 is 2.63 bits per heavy atom. The van der Waals surface area contributed by atoms with Crippen LogP contribution in [0.25, 0.3) is 5.57 Å². The molecule has 2 aromatic carbocycles. The average molecular weight is 376 g/mol. The number of hydrogen-bond acceptors (Lipinski definition) is 3. The van der Waals surface area contributed by atoms with Gasteiger partial charge in [0.25, 0.3) is 0 Å². The molecule has 0 unspecified atom stereocenters. The van der Waals surface area contributed by atoms with Gasteiger partial charge in [-0.2, -0.15) is 0 Å². The lowest BCUT2D eigenvalue weighted by Gasteiger charge is -2.11. The molecule has 0 bridgehead atoms. The van der Waals surface area contributed by atoms with E-state index in [9.17, 15) is 4.79 Å². The van der Waals surface area contributed by atoms with Gasteiger partial charge in [0.15, 0.2) is 5.78 Å².